The minimum atomic E-state index is -0.185. The van der Waals surface area contributed by atoms with Crippen LogP contribution in [0.2, 0.25) is 0 Å². The van der Waals surface area contributed by atoms with Gasteiger partial charge in [0.2, 0.25) is 0 Å². The highest BCUT2D eigenvalue weighted by molar-refractivity contribution is 5.97. The van der Waals surface area contributed by atoms with Crippen LogP contribution in [0.5, 0.6) is 0 Å². The SMILES string of the molecule is CNC(NC#N)N1CCC(CCC(=O)c2nccnc2N)(c2ccccc2)CC1. The lowest BCUT2D eigenvalue weighted by Gasteiger charge is -2.44. The van der Waals surface area contributed by atoms with E-state index in [-0.39, 0.29) is 29.0 Å². The Kier molecular flexibility index (Phi) is 6.75. The summed E-state index contributed by atoms with van der Waals surface area (Å²) in [5.41, 5.74) is 7.22. The number of rotatable bonds is 8. The maximum Gasteiger partial charge on any atom is 0.184 e. The van der Waals surface area contributed by atoms with Crippen LogP contribution < -0.4 is 16.4 Å². The van der Waals surface area contributed by atoms with E-state index >= 15 is 0 Å². The van der Waals surface area contributed by atoms with Crippen molar-refractivity contribution in [1.82, 2.24) is 25.5 Å². The quantitative estimate of drug-likeness (QED) is 0.268. The number of benzene rings is 1. The van der Waals surface area contributed by atoms with Crippen molar-refractivity contribution < 1.29 is 4.79 Å². The van der Waals surface area contributed by atoms with Crippen LogP contribution >= 0.6 is 0 Å². The number of nitrogens with two attached hydrogens (primary N) is 1. The van der Waals surface area contributed by atoms with Gasteiger partial charge in [-0.25, -0.2) is 9.97 Å². The molecular formula is C21H27N7O. The van der Waals surface area contributed by atoms with E-state index in [0.717, 1.165) is 32.4 Å². The van der Waals surface area contributed by atoms with Gasteiger partial charge < -0.3 is 5.73 Å². The minimum absolute atomic E-state index is 0.0763. The summed E-state index contributed by atoms with van der Waals surface area (Å²) in [5.74, 6) is 0.105. The molecule has 3 rings (SSSR count). The highest BCUT2D eigenvalue weighted by atomic mass is 16.1. The van der Waals surface area contributed by atoms with Crippen LogP contribution in [0.25, 0.3) is 0 Å². The van der Waals surface area contributed by atoms with Crippen LogP contribution in [0.3, 0.4) is 0 Å². The first kappa shape index (κ1) is 20.7. The van der Waals surface area contributed by atoms with Crippen LogP contribution in [-0.4, -0.2) is 47.1 Å². The van der Waals surface area contributed by atoms with E-state index in [0.29, 0.717) is 6.42 Å². The number of ketones is 1. The molecule has 1 aliphatic rings. The zero-order valence-corrected chi connectivity index (χ0v) is 16.6. The van der Waals surface area contributed by atoms with Crippen LogP contribution in [-0.2, 0) is 5.41 Å². The molecule has 0 aliphatic carbocycles. The standard InChI is InChI=1S/C21H27N7O/c1-24-20(27-15-22)28-13-9-21(10-14-28,16-5-3-2-4-6-16)8-7-17(29)18-19(23)26-12-11-25-18/h2-6,11-12,20,24,27H,7-10,13-14H2,1H3,(H2,23,26). The number of nitriles is 1. The van der Waals surface area contributed by atoms with Gasteiger partial charge in [-0.3, -0.25) is 20.3 Å². The summed E-state index contributed by atoms with van der Waals surface area (Å²) in [5, 5.41) is 14.9. The molecule has 2 heterocycles. The number of nitrogens with one attached hydrogen (secondary N) is 2. The molecule has 1 fully saturated rings. The van der Waals surface area contributed by atoms with Gasteiger partial charge in [0, 0.05) is 31.9 Å². The second-order valence-corrected chi connectivity index (χ2v) is 7.34. The molecule has 0 radical (unpaired) electrons. The Morgan fingerprint density at radius 3 is 2.59 bits per heavy atom. The van der Waals surface area contributed by atoms with E-state index in [4.69, 9.17) is 11.0 Å². The molecule has 1 aromatic carbocycles. The lowest BCUT2D eigenvalue weighted by molar-refractivity contribution is 0.0803. The lowest BCUT2D eigenvalue weighted by atomic mass is 9.69. The number of carbonyl (C=O) groups excluding carboxylic acids is 1. The molecule has 1 aromatic heterocycles. The maximum atomic E-state index is 12.7. The minimum Gasteiger partial charge on any atom is -0.382 e. The number of piperidine rings is 1. The van der Waals surface area contributed by atoms with Crippen molar-refractivity contribution in [2.24, 2.45) is 0 Å². The lowest BCUT2D eigenvalue weighted by Crippen LogP contribution is -2.56. The second kappa shape index (κ2) is 9.45. The average molecular weight is 393 g/mol. The number of Topliss-reactive ketones (excluding diaryl/α,β-unsaturated/α-hetero) is 1. The molecule has 8 heteroatoms. The molecule has 0 spiro atoms. The fraction of sp³-hybridized carbons (Fsp3) is 0.429. The van der Waals surface area contributed by atoms with Gasteiger partial charge >= 0.3 is 0 Å². The van der Waals surface area contributed by atoms with Gasteiger partial charge in [0.05, 0.1) is 0 Å². The van der Waals surface area contributed by atoms with Gasteiger partial charge in [-0.2, -0.15) is 5.26 Å². The van der Waals surface area contributed by atoms with Crippen LogP contribution in [0.15, 0.2) is 42.7 Å². The fourth-order valence-corrected chi connectivity index (χ4v) is 4.13. The summed E-state index contributed by atoms with van der Waals surface area (Å²) in [6.07, 6.45) is 7.68. The van der Waals surface area contributed by atoms with Gasteiger partial charge in [-0.05, 0) is 37.3 Å². The maximum absolute atomic E-state index is 12.7. The van der Waals surface area contributed by atoms with Crippen LogP contribution in [0.4, 0.5) is 5.82 Å². The largest absolute Gasteiger partial charge is 0.382 e. The number of carbonyl (C=O) groups is 1. The summed E-state index contributed by atoms with van der Waals surface area (Å²) >= 11 is 0. The molecule has 0 bridgehead atoms. The molecule has 152 valence electrons. The topological polar surface area (TPSA) is 120 Å². The first-order chi connectivity index (χ1) is 14.1. The molecule has 4 N–H and O–H groups in total. The predicted molar refractivity (Wildman–Crippen MR) is 111 cm³/mol. The fourth-order valence-electron chi connectivity index (χ4n) is 4.13. The Morgan fingerprint density at radius 1 is 1.28 bits per heavy atom. The van der Waals surface area contributed by atoms with Crippen molar-refractivity contribution in [3.63, 3.8) is 0 Å². The van der Waals surface area contributed by atoms with Crippen molar-refractivity contribution in [3.05, 3.63) is 54.0 Å². The third-order valence-electron chi connectivity index (χ3n) is 5.80. The van der Waals surface area contributed by atoms with E-state index in [9.17, 15) is 4.79 Å². The molecule has 8 nitrogen and oxygen atoms in total. The van der Waals surface area contributed by atoms with Crippen molar-refractivity contribution in [1.29, 1.82) is 5.26 Å². The zero-order valence-electron chi connectivity index (χ0n) is 16.6. The number of nitrogen functional groups attached to an aromatic ring is 1. The van der Waals surface area contributed by atoms with E-state index in [1.54, 1.807) is 0 Å². The van der Waals surface area contributed by atoms with Crippen molar-refractivity contribution in [2.75, 3.05) is 25.9 Å². The highest BCUT2D eigenvalue weighted by Crippen LogP contribution is 2.40. The monoisotopic (exact) mass is 393 g/mol. The Hall–Kier alpha value is -3.02. The molecule has 29 heavy (non-hydrogen) atoms. The van der Waals surface area contributed by atoms with E-state index in [1.807, 2.05) is 31.4 Å². The summed E-state index contributed by atoms with van der Waals surface area (Å²) in [7, 11) is 1.83. The highest BCUT2D eigenvalue weighted by Gasteiger charge is 2.38. The smallest absolute Gasteiger partial charge is 0.184 e. The Labute approximate surface area is 171 Å². The number of anilines is 1. The van der Waals surface area contributed by atoms with Crippen LogP contribution in [0.1, 0.15) is 41.7 Å². The van der Waals surface area contributed by atoms with Gasteiger partial charge in [0.15, 0.2) is 17.8 Å². The van der Waals surface area contributed by atoms with Gasteiger partial charge in [0.25, 0.3) is 0 Å². The molecular weight excluding hydrogens is 366 g/mol. The molecule has 0 saturated carbocycles. The molecule has 0 amide bonds. The molecule has 1 aliphatic heterocycles. The molecule has 2 aromatic rings. The van der Waals surface area contributed by atoms with Gasteiger partial charge in [-0.1, -0.05) is 30.3 Å². The third-order valence-corrected chi connectivity index (χ3v) is 5.80. The number of nitrogens with zero attached hydrogens (tertiary/aromatic N) is 4. The normalized spacial score (nSPS) is 17.2. The first-order valence-electron chi connectivity index (χ1n) is 9.81. The molecule has 1 unspecified atom stereocenters. The number of hydrogen-bond donors (Lipinski definition) is 3. The van der Waals surface area contributed by atoms with Crippen molar-refractivity contribution in [2.45, 2.75) is 37.4 Å². The second-order valence-electron chi connectivity index (χ2n) is 7.34. The number of aromatic nitrogens is 2. The van der Waals surface area contributed by atoms with Crippen molar-refractivity contribution in [3.8, 4) is 6.19 Å². The van der Waals surface area contributed by atoms with E-state index in [2.05, 4.69) is 37.6 Å². The van der Waals surface area contributed by atoms with Crippen molar-refractivity contribution >= 4 is 11.6 Å². The predicted octanol–water partition coefficient (Wildman–Crippen LogP) is 1.63. The Balaban J connectivity index is 1.76. The Morgan fingerprint density at radius 2 is 1.97 bits per heavy atom. The number of hydrogen-bond acceptors (Lipinski definition) is 8. The summed E-state index contributed by atoms with van der Waals surface area (Å²) in [6, 6.07) is 10.4. The van der Waals surface area contributed by atoms with E-state index in [1.165, 1.54) is 18.0 Å². The zero-order chi connectivity index (χ0) is 20.7. The van der Waals surface area contributed by atoms with Gasteiger partial charge in [0.1, 0.15) is 12.0 Å². The Bertz CT molecular complexity index is 857. The average Bonchev–Trinajstić information content (AvgIpc) is 2.77. The summed E-state index contributed by atoms with van der Waals surface area (Å²) < 4.78 is 0. The van der Waals surface area contributed by atoms with E-state index < -0.39 is 0 Å². The van der Waals surface area contributed by atoms with Crippen LogP contribution in [0, 0.1) is 11.5 Å². The molecule has 1 saturated heterocycles. The third kappa shape index (κ3) is 4.70. The van der Waals surface area contributed by atoms with Gasteiger partial charge in [-0.15, -0.1) is 0 Å². The molecule has 1 atom stereocenters. The number of likely N-dealkylation sites (tertiary alicyclic amines) is 1. The summed E-state index contributed by atoms with van der Waals surface area (Å²) in [4.78, 5) is 23.0. The first-order valence-corrected chi connectivity index (χ1v) is 9.81. The summed E-state index contributed by atoms with van der Waals surface area (Å²) in [6.45, 7) is 1.63.